The van der Waals surface area contributed by atoms with Gasteiger partial charge in [0.2, 0.25) is 0 Å². The molecule has 1 aromatic rings. The molecule has 1 aliphatic heterocycles. The van der Waals surface area contributed by atoms with Gasteiger partial charge in [0.15, 0.2) is 0 Å². The molecule has 2 rings (SSSR count). The third-order valence-electron chi connectivity index (χ3n) is 3.54. The Kier molecular flexibility index (Phi) is 4.95. The summed E-state index contributed by atoms with van der Waals surface area (Å²) in [6, 6.07) is 4.85. The molecule has 0 bridgehead atoms. The van der Waals surface area contributed by atoms with Gasteiger partial charge < -0.3 is 5.32 Å². The van der Waals surface area contributed by atoms with E-state index in [1.54, 1.807) is 0 Å². The van der Waals surface area contributed by atoms with Crippen molar-refractivity contribution < 1.29 is 0 Å². The first-order chi connectivity index (χ1) is 8.36. The molecule has 3 nitrogen and oxygen atoms in total. The molecule has 0 aliphatic carbocycles. The molecule has 1 saturated heterocycles. The second-order valence-corrected chi connectivity index (χ2v) is 4.90. The minimum Gasteiger partial charge on any atom is -0.315 e. The molecule has 94 valence electrons. The lowest BCUT2D eigenvalue weighted by Crippen LogP contribution is -2.39. The first kappa shape index (κ1) is 12.5. The second kappa shape index (κ2) is 6.72. The van der Waals surface area contributed by atoms with Crippen LogP contribution in [0.5, 0.6) is 0 Å². The Morgan fingerprint density at radius 3 is 2.71 bits per heavy atom. The van der Waals surface area contributed by atoms with Gasteiger partial charge in [0.05, 0.1) is 0 Å². The molecule has 1 unspecified atom stereocenters. The fourth-order valence-electron chi connectivity index (χ4n) is 2.40. The van der Waals surface area contributed by atoms with Gasteiger partial charge in [-0.3, -0.25) is 9.88 Å². The van der Waals surface area contributed by atoms with Gasteiger partial charge in [0.25, 0.3) is 0 Å². The zero-order valence-electron chi connectivity index (χ0n) is 10.7. The van der Waals surface area contributed by atoms with E-state index in [4.69, 9.17) is 0 Å². The molecule has 0 aromatic carbocycles. The number of nitrogens with one attached hydrogen (secondary N) is 1. The summed E-state index contributed by atoms with van der Waals surface area (Å²) in [5.41, 5.74) is 1.36. The highest BCUT2D eigenvalue weighted by Crippen LogP contribution is 2.10. The van der Waals surface area contributed by atoms with Crippen molar-refractivity contribution in [3.63, 3.8) is 0 Å². The molecule has 0 saturated carbocycles. The third-order valence-corrected chi connectivity index (χ3v) is 3.54. The van der Waals surface area contributed by atoms with E-state index in [0.29, 0.717) is 6.04 Å². The van der Waals surface area contributed by atoms with Crippen LogP contribution in [-0.2, 0) is 6.42 Å². The van der Waals surface area contributed by atoms with Gasteiger partial charge >= 0.3 is 0 Å². The van der Waals surface area contributed by atoms with E-state index >= 15 is 0 Å². The van der Waals surface area contributed by atoms with Gasteiger partial charge in [-0.15, -0.1) is 0 Å². The van der Waals surface area contributed by atoms with Gasteiger partial charge in [-0.1, -0.05) is 0 Å². The van der Waals surface area contributed by atoms with E-state index in [1.165, 1.54) is 31.5 Å². The average molecular weight is 233 g/mol. The molecule has 1 atom stereocenters. The molecule has 17 heavy (non-hydrogen) atoms. The number of rotatable bonds is 6. The molecule has 0 amide bonds. The summed E-state index contributed by atoms with van der Waals surface area (Å²) in [7, 11) is 0. The van der Waals surface area contributed by atoms with Crippen LogP contribution in [0.25, 0.3) is 0 Å². The highest BCUT2D eigenvalue weighted by atomic mass is 15.2. The van der Waals surface area contributed by atoms with E-state index in [1.807, 2.05) is 12.4 Å². The Bertz CT molecular complexity index is 307. The number of likely N-dealkylation sites (tertiary alicyclic amines) is 1. The monoisotopic (exact) mass is 233 g/mol. The SMILES string of the molecule is CC(CNCCc1ccncc1)N1CCCC1. The minimum atomic E-state index is 0.676. The van der Waals surface area contributed by atoms with Gasteiger partial charge in [-0.25, -0.2) is 0 Å². The lowest BCUT2D eigenvalue weighted by molar-refractivity contribution is 0.252. The zero-order chi connectivity index (χ0) is 11.9. The maximum atomic E-state index is 4.03. The molecule has 0 radical (unpaired) electrons. The number of nitrogens with zero attached hydrogens (tertiary/aromatic N) is 2. The van der Waals surface area contributed by atoms with Crippen molar-refractivity contribution in [2.45, 2.75) is 32.2 Å². The van der Waals surface area contributed by atoms with Crippen molar-refractivity contribution in [1.29, 1.82) is 0 Å². The predicted molar refractivity (Wildman–Crippen MR) is 71.1 cm³/mol. The first-order valence-corrected chi connectivity index (χ1v) is 6.70. The Labute approximate surface area is 104 Å². The Morgan fingerprint density at radius 1 is 1.29 bits per heavy atom. The van der Waals surface area contributed by atoms with E-state index in [0.717, 1.165) is 19.5 Å². The predicted octanol–water partition coefficient (Wildman–Crippen LogP) is 1.70. The maximum absolute atomic E-state index is 4.03. The Morgan fingerprint density at radius 2 is 2.00 bits per heavy atom. The summed E-state index contributed by atoms with van der Waals surface area (Å²) in [5.74, 6) is 0. The van der Waals surface area contributed by atoms with Crippen molar-refractivity contribution in [2.24, 2.45) is 0 Å². The van der Waals surface area contributed by atoms with Crippen LogP contribution in [0.1, 0.15) is 25.3 Å². The number of pyridine rings is 1. The number of hydrogen-bond donors (Lipinski definition) is 1. The number of aromatic nitrogens is 1. The van der Waals surface area contributed by atoms with Crippen LogP contribution in [0.3, 0.4) is 0 Å². The minimum absolute atomic E-state index is 0.676. The molecular weight excluding hydrogens is 210 g/mol. The van der Waals surface area contributed by atoms with Crippen LogP contribution in [0, 0.1) is 0 Å². The average Bonchev–Trinajstić information content (AvgIpc) is 2.89. The van der Waals surface area contributed by atoms with Crippen LogP contribution in [0.2, 0.25) is 0 Å². The highest BCUT2D eigenvalue weighted by molar-refractivity contribution is 5.09. The van der Waals surface area contributed by atoms with E-state index in [-0.39, 0.29) is 0 Å². The summed E-state index contributed by atoms with van der Waals surface area (Å²) in [4.78, 5) is 6.61. The lowest BCUT2D eigenvalue weighted by atomic mass is 10.2. The third kappa shape index (κ3) is 4.10. The van der Waals surface area contributed by atoms with Gasteiger partial charge in [0, 0.05) is 25.0 Å². The molecule has 1 N–H and O–H groups in total. The smallest absolute Gasteiger partial charge is 0.0270 e. The van der Waals surface area contributed by atoms with E-state index in [9.17, 15) is 0 Å². The fourth-order valence-corrected chi connectivity index (χ4v) is 2.40. The molecule has 1 aromatic heterocycles. The molecule has 2 heterocycles. The molecule has 1 fully saturated rings. The molecule has 3 heteroatoms. The first-order valence-electron chi connectivity index (χ1n) is 6.70. The van der Waals surface area contributed by atoms with Crippen LogP contribution in [0.15, 0.2) is 24.5 Å². The summed E-state index contributed by atoms with van der Waals surface area (Å²) < 4.78 is 0. The van der Waals surface area contributed by atoms with E-state index < -0.39 is 0 Å². The van der Waals surface area contributed by atoms with Gasteiger partial charge in [-0.05, 0) is 63.5 Å². The summed E-state index contributed by atoms with van der Waals surface area (Å²) in [5, 5.41) is 3.55. The van der Waals surface area contributed by atoms with Crippen LogP contribution < -0.4 is 5.32 Å². The highest BCUT2D eigenvalue weighted by Gasteiger charge is 2.16. The van der Waals surface area contributed by atoms with E-state index in [2.05, 4.69) is 34.3 Å². The summed E-state index contributed by atoms with van der Waals surface area (Å²) in [6.45, 7) is 7.05. The molecule has 1 aliphatic rings. The molecular formula is C14H23N3. The maximum Gasteiger partial charge on any atom is 0.0270 e. The second-order valence-electron chi connectivity index (χ2n) is 4.90. The zero-order valence-corrected chi connectivity index (χ0v) is 10.7. The van der Waals surface area contributed by atoms with Crippen LogP contribution in [0.4, 0.5) is 0 Å². The topological polar surface area (TPSA) is 28.2 Å². The van der Waals surface area contributed by atoms with Crippen LogP contribution >= 0.6 is 0 Å². The van der Waals surface area contributed by atoms with Gasteiger partial charge in [0.1, 0.15) is 0 Å². The Balaban J connectivity index is 1.59. The van der Waals surface area contributed by atoms with Crippen LogP contribution in [-0.4, -0.2) is 42.1 Å². The number of hydrogen-bond acceptors (Lipinski definition) is 3. The fraction of sp³-hybridized carbons (Fsp3) is 0.643. The normalized spacial score (nSPS) is 18.4. The summed E-state index contributed by atoms with van der Waals surface area (Å²) >= 11 is 0. The Hall–Kier alpha value is -0.930. The van der Waals surface area contributed by atoms with Crippen molar-refractivity contribution in [1.82, 2.24) is 15.2 Å². The van der Waals surface area contributed by atoms with Crippen molar-refractivity contribution in [3.05, 3.63) is 30.1 Å². The standard InChI is InChI=1S/C14H23N3/c1-13(17-10-2-3-11-17)12-16-9-6-14-4-7-15-8-5-14/h4-5,7-8,13,16H,2-3,6,9-12H2,1H3. The van der Waals surface area contributed by atoms with Crippen molar-refractivity contribution >= 4 is 0 Å². The summed E-state index contributed by atoms with van der Waals surface area (Å²) in [6.07, 6.45) is 7.57. The van der Waals surface area contributed by atoms with Gasteiger partial charge in [-0.2, -0.15) is 0 Å². The largest absolute Gasteiger partial charge is 0.315 e. The van der Waals surface area contributed by atoms with Crippen molar-refractivity contribution in [3.8, 4) is 0 Å². The van der Waals surface area contributed by atoms with Crippen molar-refractivity contribution in [2.75, 3.05) is 26.2 Å². The molecule has 0 spiro atoms. The quantitative estimate of drug-likeness (QED) is 0.758. The lowest BCUT2D eigenvalue weighted by Gasteiger charge is -2.23.